The van der Waals surface area contributed by atoms with Gasteiger partial charge in [-0.3, -0.25) is 10.3 Å². The van der Waals surface area contributed by atoms with Crippen molar-refractivity contribution in [2.75, 3.05) is 18.5 Å². The maximum atomic E-state index is 4.37. The van der Waals surface area contributed by atoms with Crippen molar-refractivity contribution >= 4 is 11.9 Å². The molecule has 3 nitrogen and oxygen atoms in total. The van der Waals surface area contributed by atoms with E-state index in [9.17, 15) is 0 Å². The van der Waals surface area contributed by atoms with Crippen LogP contribution in [-0.4, -0.2) is 24.2 Å². The third-order valence-electron chi connectivity index (χ3n) is 3.90. The summed E-state index contributed by atoms with van der Waals surface area (Å²) >= 11 is 0. The fourth-order valence-electron chi connectivity index (χ4n) is 2.46. The van der Waals surface area contributed by atoms with E-state index in [1.807, 2.05) is 36.5 Å². The van der Waals surface area contributed by atoms with E-state index in [-0.39, 0.29) is 0 Å². The van der Waals surface area contributed by atoms with Crippen LogP contribution in [0.1, 0.15) is 37.8 Å². The Balaban J connectivity index is 2.01. The number of para-hydroxylation sites is 1. The molecule has 0 aliphatic carbocycles. The Labute approximate surface area is 140 Å². The summed E-state index contributed by atoms with van der Waals surface area (Å²) in [6, 6.07) is 18.5. The van der Waals surface area contributed by atoms with Gasteiger partial charge in [0.1, 0.15) is 0 Å². The molecule has 23 heavy (non-hydrogen) atoms. The fraction of sp³-hybridized carbons (Fsp3) is 0.350. The highest BCUT2D eigenvalue weighted by molar-refractivity contribution is 5.82. The molecule has 2 aromatic rings. The number of unbranched alkanes of at least 4 members (excludes halogenated alkanes) is 1. The quantitative estimate of drug-likeness (QED) is 0.534. The predicted molar refractivity (Wildman–Crippen MR) is 100.0 cm³/mol. The summed E-state index contributed by atoms with van der Waals surface area (Å²) in [5.41, 5.74) is 6.57. The third kappa shape index (κ3) is 5.87. The second kappa shape index (κ2) is 9.80. The highest BCUT2D eigenvalue weighted by Crippen LogP contribution is 2.11. The van der Waals surface area contributed by atoms with Gasteiger partial charge in [-0.15, -0.1) is 0 Å². The van der Waals surface area contributed by atoms with E-state index in [2.05, 4.69) is 53.5 Å². The molecule has 122 valence electrons. The minimum atomic E-state index is 0.976. The Morgan fingerprint density at radius 2 is 1.74 bits per heavy atom. The molecular formula is C20H27N3. The maximum absolute atomic E-state index is 4.37. The molecule has 0 aliphatic rings. The predicted octanol–water partition coefficient (Wildman–Crippen LogP) is 4.75. The number of nitrogens with zero attached hydrogens (tertiary/aromatic N) is 2. The molecule has 0 saturated carbocycles. The van der Waals surface area contributed by atoms with Crippen molar-refractivity contribution in [1.82, 2.24) is 4.90 Å². The molecule has 0 aromatic heterocycles. The molecule has 0 heterocycles. The van der Waals surface area contributed by atoms with E-state index in [1.54, 1.807) is 0 Å². The molecule has 0 radical (unpaired) electrons. The van der Waals surface area contributed by atoms with Gasteiger partial charge in [-0.25, -0.2) is 0 Å². The molecule has 2 aromatic carbocycles. The first-order valence-corrected chi connectivity index (χ1v) is 8.47. The van der Waals surface area contributed by atoms with Crippen LogP contribution < -0.4 is 5.43 Å². The first kappa shape index (κ1) is 17.2. The standard InChI is InChI=1S/C20H27N3/c1-3-5-15-23(4-2)17-19-12-10-9-11-18(19)16-21-22-20-13-7-6-8-14-20/h6-14,16,22H,3-5,15,17H2,1-2H3. The van der Waals surface area contributed by atoms with E-state index >= 15 is 0 Å². The van der Waals surface area contributed by atoms with Gasteiger partial charge >= 0.3 is 0 Å². The third-order valence-corrected chi connectivity index (χ3v) is 3.90. The Morgan fingerprint density at radius 1 is 1.00 bits per heavy atom. The first-order valence-electron chi connectivity index (χ1n) is 8.47. The van der Waals surface area contributed by atoms with Crippen molar-refractivity contribution in [3.8, 4) is 0 Å². The van der Waals surface area contributed by atoms with Gasteiger partial charge in [-0.2, -0.15) is 5.10 Å². The molecule has 2 rings (SSSR count). The van der Waals surface area contributed by atoms with Crippen LogP contribution in [0, 0.1) is 0 Å². The minimum absolute atomic E-state index is 0.976. The smallest absolute Gasteiger partial charge is 0.0561 e. The molecule has 0 amide bonds. The Kier molecular flexibility index (Phi) is 7.34. The van der Waals surface area contributed by atoms with Crippen LogP contribution in [0.25, 0.3) is 0 Å². The van der Waals surface area contributed by atoms with Gasteiger partial charge in [0.15, 0.2) is 0 Å². The van der Waals surface area contributed by atoms with E-state index in [0.717, 1.165) is 25.3 Å². The summed E-state index contributed by atoms with van der Waals surface area (Å²) in [6.07, 6.45) is 4.40. The molecule has 0 saturated heterocycles. The highest BCUT2D eigenvalue weighted by atomic mass is 15.3. The summed E-state index contributed by atoms with van der Waals surface area (Å²) in [6.45, 7) is 7.67. The van der Waals surface area contributed by atoms with Gasteiger partial charge in [-0.05, 0) is 42.8 Å². The lowest BCUT2D eigenvalue weighted by Gasteiger charge is -2.21. The van der Waals surface area contributed by atoms with Gasteiger partial charge in [0.25, 0.3) is 0 Å². The minimum Gasteiger partial charge on any atom is -0.299 e. The van der Waals surface area contributed by atoms with E-state index in [1.165, 1.54) is 24.0 Å². The van der Waals surface area contributed by atoms with Crippen molar-refractivity contribution in [2.45, 2.75) is 33.2 Å². The zero-order valence-electron chi connectivity index (χ0n) is 14.2. The van der Waals surface area contributed by atoms with Crippen molar-refractivity contribution in [3.05, 3.63) is 65.7 Å². The fourth-order valence-corrected chi connectivity index (χ4v) is 2.46. The lowest BCUT2D eigenvalue weighted by molar-refractivity contribution is 0.275. The molecule has 1 N–H and O–H groups in total. The molecule has 0 unspecified atom stereocenters. The Hall–Kier alpha value is -2.13. The molecular weight excluding hydrogens is 282 g/mol. The number of rotatable bonds is 9. The van der Waals surface area contributed by atoms with E-state index in [4.69, 9.17) is 0 Å². The van der Waals surface area contributed by atoms with Crippen LogP contribution in [0.15, 0.2) is 59.7 Å². The Morgan fingerprint density at radius 3 is 2.48 bits per heavy atom. The van der Waals surface area contributed by atoms with Crippen molar-refractivity contribution < 1.29 is 0 Å². The second-order valence-electron chi connectivity index (χ2n) is 5.66. The van der Waals surface area contributed by atoms with Crippen LogP contribution in [-0.2, 0) is 6.54 Å². The topological polar surface area (TPSA) is 27.6 Å². The summed E-state index contributed by atoms with van der Waals surface area (Å²) in [5, 5.41) is 4.37. The molecule has 0 bridgehead atoms. The number of hydrogen-bond acceptors (Lipinski definition) is 3. The number of anilines is 1. The largest absolute Gasteiger partial charge is 0.299 e. The van der Waals surface area contributed by atoms with Gasteiger partial charge in [0.2, 0.25) is 0 Å². The summed E-state index contributed by atoms with van der Waals surface area (Å²) in [4.78, 5) is 2.49. The lowest BCUT2D eigenvalue weighted by Crippen LogP contribution is -2.24. The van der Waals surface area contributed by atoms with Crippen molar-refractivity contribution in [2.24, 2.45) is 5.10 Å². The van der Waals surface area contributed by atoms with Crippen LogP contribution in [0.4, 0.5) is 5.69 Å². The molecule has 0 atom stereocenters. The molecule has 0 aliphatic heterocycles. The Bertz CT molecular complexity index is 593. The lowest BCUT2D eigenvalue weighted by atomic mass is 10.1. The van der Waals surface area contributed by atoms with Crippen molar-refractivity contribution in [1.29, 1.82) is 0 Å². The van der Waals surface area contributed by atoms with Gasteiger partial charge in [-0.1, -0.05) is 62.7 Å². The summed E-state index contributed by atoms with van der Waals surface area (Å²) in [5.74, 6) is 0. The average molecular weight is 309 g/mol. The first-order chi connectivity index (χ1) is 11.3. The van der Waals surface area contributed by atoms with Gasteiger partial charge in [0.05, 0.1) is 11.9 Å². The molecule has 3 heteroatoms. The van der Waals surface area contributed by atoms with Crippen molar-refractivity contribution in [3.63, 3.8) is 0 Å². The van der Waals surface area contributed by atoms with E-state index in [0.29, 0.717) is 0 Å². The van der Waals surface area contributed by atoms with Gasteiger partial charge in [0, 0.05) is 6.54 Å². The summed E-state index contributed by atoms with van der Waals surface area (Å²) in [7, 11) is 0. The number of benzene rings is 2. The SMILES string of the molecule is CCCCN(CC)Cc1ccccc1C=NNc1ccccc1. The zero-order valence-corrected chi connectivity index (χ0v) is 14.2. The highest BCUT2D eigenvalue weighted by Gasteiger charge is 2.06. The average Bonchev–Trinajstić information content (AvgIpc) is 2.60. The van der Waals surface area contributed by atoms with Crippen LogP contribution >= 0.6 is 0 Å². The second-order valence-corrected chi connectivity index (χ2v) is 5.66. The molecule has 0 fully saturated rings. The number of nitrogens with one attached hydrogen (secondary N) is 1. The monoisotopic (exact) mass is 309 g/mol. The van der Waals surface area contributed by atoms with Crippen LogP contribution in [0.5, 0.6) is 0 Å². The summed E-state index contributed by atoms with van der Waals surface area (Å²) < 4.78 is 0. The van der Waals surface area contributed by atoms with Gasteiger partial charge < -0.3 is 0 Å². The normalized spacial score (nSPS) is 11.3. The van der Waals surface area contributed by atoms with Crippen LogP contribution in [0.3, 0.4) is 0 Å². The number of hydrogen-bond donors (Lipinski definition) is 1. The number of hydrazone groups is 1. The van der Waals surface area contributed by atoms with Crippen LogP contribution in [0.2, 0.25) is 0 Å². The van der Waals surface area contributed by atoms with E-state index < -0.39 is 0 Å². The maximum Gasteiger partial charge on any atom is 0.0561 e. The molecule has 0 spiro atoms. The zero-order chi connectivity index (χ0) is 16.3.